The maximum absolute atomic E-state index is 11.2. The second-order valence-electron chi connectivity index (χ2n) is 18.0. The molecule has 0 atom stereocenters. The van der Waals surface area contributed by atoms with Gasteiger partial charge >= 0.3 is 0 Å². The molecule has 0 unspecified atom stereocenters. The first-order valence-corrected chi connectivity index (χ1v) is 30.0. The summed E-state index contributed by atoms with van der Waals surface area (Å²) in [5.74, 6) is 0. The van der Waals surface area contributed by atoms with Crippen molar-refractivity contribution in [3.8, 4) is 0 Å². The van der Waals surface area contributed by atoms with Gasteiger partial charge in [-0.05, 0) is 73.4 Å². The molecule has 67 heavy (non-hydrogen) atoms. The van der Waals surface area contributed by atoms with E-state index in [0.29, 0.717) is 36.0 Å². The van der Waals surface area contributed by atoms with E-state index in [2.05, 4.69) is 20.8 Å². The van der Waals surface area contributed by atoms with Crippen molar-refractivity contribution in [3.63, 3.8) is 0 Å². The van der Waals surface area contributed by atoms with Crippen molar-refractivity contribution >= 4 is 47.7 Å². The molecular formula is C54H87AlO9S3-3. The van der Waals surface area contributed by atoms with Gasteiger partial charge in [0.25, 0.3) is 0 Å². The maximum atomic E-state index is 11.2. The summed E-state index contributed by atoms with van der Waals surface area (Å²) < 4.78 is 101. The molecule has 0 N–H and O–H groups in total. The first-order valence-electron chi connectivity index (χ1n) is 25.8. The molecule has 13 heteroatoms. The Bertz CT molecular complexity index is 1760. The van der Waals surface area contributed by atoms with Crippen molar-refractivity contribution in [2.45, 2.75) is 247 Å². The number of aryl methyl sites for hydroxylation is 3. The Morgan fingerprint density at radius 2 is 0.448 bits per heavy atom. The average Bonchev–Trinajstić information content (AvgIpc) is 3.28. The molecule has 3 radical (unpaired) electrons. The SMILES string of the molecule is CCCCCCCCCCCCc1ccccc1S(=O)(=O)[O-].CCCCCCCCCCCCc1ccccc1S(=O)(=O)[O-].CCCCCCCCCCCCc1ccccc1S(=O)(=O)[O-].[Al]. The van der Waals surface area contributed by atoms with Crippen LogP contribution >= 0.6 is 0 Å². The summed E-state index contributed by atoms with van der Waals surface area (Å²) in [5.41, 5.74) is 1.99. The van der Waals surface area contributed by atoms with E-state index in [1.54, 1.807) is 54.6 Å². The molecule has 0 spiro atoms. The first-order chi connectivity index (χ1) is 31.7. The second kappa shape index (κ2) is 40.6. The number of rotatable bonds is 36. The summed E-state index contributed by atoms with van der Waals surface area (Å²) in [6, 6.07) is 19.7. The third kappa shape index (κ3) is 34.0. The van der Waals surface area contributed by atoms with Gasteiger partial charge in [0.05, 0.1) is 14.7 Å². The van der Waals surface area contributed by atoms with Crippen molar-refractivity contribution in [2.24, 2.45) is 0 Å². The van der Waals surface area contributed by atoms with Gasteiger partial charge in [0, 0.05) is 17.4 Å². The fourth-order valence-electron chi connectivity index (χ4n) is 8.27. The Kier molecular flexibility index (Phi) is 39.4. The molecule has 0 saturated carbocycles. The van der Waals surface area contributed by atoms with Crippen LogP contribution in [-0.4, -0.2) is 56.3 Å². The van der Waals surface area contributed by atoms with E-state index in [0.717, 1.165) is 38.5 Å². The third-order valence-corrected chi connectivity index (χ3v) is 14.9. The lowest BCUT2D eigenvalue weighted by Gasteiger charge is -2.12. The quantitative estimate of drug-likeness (QED) is 0.0312. The van der Waals surface area contributed by atoms with Crippen molar-refractivity contribution < 1.29 is 38.9 Å². The van der Waals surface area contributed by atoms with Gasteiger partial charge in [0.15, 0.2) is 0 Å². The Morgan fingerprint density at radius 3 is 0.627 bits per heavy atom. The van der Waals surface area contributed by atoms with Gasteiger partial charge in [-0.15, -0.1) is 0 Å². The number of hydrogen-bond donors (Lipinski definition) is 0. The van der Waals surface area contributed by atoms with Gasteiger partial charge in [-0.25, -0.2) is 25.3 Å². The normalized spacial score (nSPS) is 11.6. The molecule has 3 rings (SSSR count). The Hall–Kier alpha value is -2.08. The summed E-state index contributed by atoms with van der Waals surface area (Å²) in [7, 11) is -13.0. The highest BCUT2D eigenvalue weighted by atomic mass is 32.2. The van der Waals surface area contributed by atoms with Gasteiger partial charge in [-0.1, -0.05) is 249 Å². The molecule has 0 saturated heterocycles. The monoisotopic (exact) mass is 1000 g/mol. The van der Waals surface area contributed by atoms with Gasteiger partial charge in [0.1, 0.15) is 30.4 Å². The van der Waals surface area contributed by atoms with Crippen molar-refractivity contribution in [2.75, 3.05) is 0 Å². The number of unbranched alkanes of at least 4 members (excludes halogenated alkanes) is 27. The Morgan fingerprint density at radius 1 is 0.284 bits per heavy atom. The first kappa shape index (κ1) is 64.9. The molecule has 0 amide bonds. The largest absolute Gasteiger partial charge is 0.744 e. The van der Waals surface area contributed by atoms with Crippen molar-refractivity contribution in [1.82, 2.24) is 0 Å². The highest BCUT2D eigenvalue weighted by Crippen LogP contribution is 2.22. The minimum Gasteiger partial charge on any atom is -0.744 e. The minimum absolute atomic E-state index is 0. The molecule has 0 aliphatic heterocycles. The van der Waals surface area contributed by atoms with Crippen LogP contribution in [0.15, 0.2) is 87.5 Å². The fraction of sp³-hybridized carbons (Fsp3) is 0.667. The molecule has 0 heterocycles. The van der Waals surface area contributed by atoms with Gasteiger partial charge in [0.2, 0.25) is 0 Å². The standard InChI is InChI=1S/3C18H30O3S.Al/c3*1-2-3-4-5-6-7-8-9-10-11-14-17-15-12-13-16-18(17)22(19,20)21;/h3*12-13,15-16H,2-11,14H2,1H3,(H,19,20,21);/p-3. The van der Waals surface area contributed by atoms with E-state index in [-0.39, 0.29) is 32.0 Å². The predicted molar refractivity (Wildman–Crippen MR) is 276 cm³/mol. The van der Waals surface area contributed by atoms with Crippen molar-refractivity contribution in [3.05, 3.63) is 89.5 Å². The van der Waals surface area contributed by atoms with Crippen LogP contribution in [0.25, 0.3) is 0 Å². The van der Waals surface area contributed by atoms with Crippen LogP contribution in [0.2, 0.25) is 0 Å². The van der Waals surface area contributed by atoms with Crippen LogP contribution in [0.1, 0.15) is 230 Å². The lowest BCUT2D eigenvalue weighted by Crippen LogP contribution is -2.03. The molecule has 0 aliphatic rings. The molecule has 3 aromatic carbocycles. The van der Waals surface area contributed by atoms with Crippen LogP contribution in [0.5, 0.6) is 0 Å². The molecule has 3 aromatic rings. The molecule has 0 aliphatic carbocycles. The maximum Gasteiger partial charge on any atom is 0.124 e. The Balaban J connectivity index is 0.000000968. The third-order valence-electron chi connectivity index (χ3n) is 12.1. The van der Waals surface area contributed by atoms with E-state index in [1.807, 2.05) is 0 Å². The van der Waals surface area contributed by atoms with Gasteiger partial charge in [-0.2, -0.15) is 0 Å². The smallest absolute Gasteiger partial charge is 0.124 e. The molecule has 0 aromatic heterocycles. The summed E-state index contributed by atoms with van der Waals surface area (Å²) in [6.45, 7) is 6.70. The van der Waals surface area contributed by atoms with Crippen LogP contribution < -0.4 is 0 Å². The van der Waals surface area contributed by atoms with E-state index in [4.69, 9.17) is 0 Å². The zero-order valence-electron chi connectivity index (χ0n) is 41.7. The van der Waals surface area contributed by atoms with E-state index >= 15 is 0 Å². The van der Waals surface area contributed by atoms with Crippen LogP contribution in [0.3, 0.4) is 0 Å². The highest BCUT2D eigenvalue weighted by molar-refractivity contribution is 7.86. The average molecular weight is 1000 g/mol. The lowest BCUT2D eigenvalue weighted by atomic mass is 10.0. The fourth-order valence-corrected chi connectivity index (χ4v) is 10.5. The molecule has 381 valence electrons. The lowest BCUT2D eigenvalue weighted by molar-refractivity contribution is 0.459. The molecule has 0 fully saturated rings. The van der Waals surface area contributed by atoms with Crippen molar-refractivity contribution in [1.29, 1.82) is 0 Å². The molecular weight excluding hydrogens is 916 g/mol. The highest BCUT2D eigenvalue weighted by Gasteiger charge is 2.10. The summed E-state index contributed by atoms with van der Waals surface area (Å²) in [4.78, 5) is -0.150. The van der Waals surface area contributed by atoms with E-state index in [1.165, 1.54) is 172 Å². The van der Waals surface area contributed by atoms with Crippen LogP contribution in [-0.2, 0) is 49.6 Å². The molecule has 9 nitrogen and oxygen atoms in total. The minimum atomic E-state index is -4.35. The topological polar surface area (TPSA) is 172 Å². The number of benzene rings is 3. The van der Waals surface area contributed by atoms with Gasteiger partial charge in [-0.3, -0.25) is 0 Å². The zero-order valence-corrected chi connectivity index (χ0v) is 45.3. The molecule has 0 bridgehead atoms. The summed E-state index contributed by atoms with van der Waals surface area (Å²) in [6.07, 6.45) is 39.5. The van der Waals surface area contributed by atoms with E-state index in [9.17, 15) is 38.9 Å². The van der Waals surface area contributed by atoms with Crippen LogP contribution in [0.4, 0.5) is 0 Å². The summed E-state index contributed by atoms with van der Waals surface area (Å²) >= 11 is 0. The van der Waals surface area contributed by atoms with E-state index < -0.39 is 30.4 Å². The predicted octanol–water partition coefficient (Wildman–Crippen LogP) is 14.8. The Labute approximate surface area is 420 Å². The second-order valence-corrected chi connectivity index (χ2v) is 22.0. The van der Waals surface area contributed by atoms with Crippen LogP contribution in [0, 0.1) is 0 Å². The number of hydrogen-bond acceptors (Lipinski definition) is 9. The summed E-state index contributed by atoms with van der Waals surface area (Å²) in [5, 5.41) is 0. The van der Waals surface area contributed by atoms with Gasteiger partial charge < -0.3 is 13.7 Å². The zero-order chi connectivity index (χ0) is 48.8.